The Hall–Kier alpha value is -1.06. The minimum atomic E-state index is -0.332. The van der Waals surface area contributed by atoms with Gasteiger partial charge in [0, 0.05) is 0 Å². The Bertz CT molecular complexity index is 375. The molecule has 0 bridgehead atoms. The van der Waals surface area contributed by atoms with E-state index < -0.39 is 0 Å². The highest BCUT2D eigenvalue weighted by atomic mass is 35.5. The highest BCUT2D eigenvalue weighted by molar-refractivity contribution is 5.85. The molecule has 0 unspecified atom stereocenters. The van der Waals surface area contributed by atoms with E-state index in [-0.39, 0.29) is 23.8 Å². The number of carbonyl (C=O) groups excluding carboxylic acids is 1. The summed E-state index contributed by atoms with van der Waals surface area (Å²) in [6.45, 7) is 1.78. The van der Waals surface area contributed by atoms with Crippen LogP contribution in [-0.4, -0.2) is 26.2 Å². The van der Waals surface area contributed by atoms with Crippen LogP contribution in [0.4, 0.5) is 0 Å². The van der Waals surface area contributed by atoms with Crippen LogP contribution in [0.15, 0.2) is 30.3 Å². The summed E-state index contributed by atoms with van der Waals surface area (Å²) in [5, 5.41) is 3.30. The molecule has 1 fully saturated rings. The standard InChI is InChI=1S/C14H19NO2.ClH/c1-17-13(16)14(7-9-15-10-8-14)11-12-5-3-2-4-6-12;/h2-6,15H,7-11H2,1H3;1H. The SMILES string of the molecule is COC(=O)C1(Cc2ccccc2)CCNCC1.Cl. The zero-order chi connectivity index (χ0) is 12.1. The average Bonchev–Trinajstić information content (AvgIpc) is 2.40. The molecule has 0 saturated carbocycles. The number of halogens is 1. The first-order valence-electron chi connectivity index (χ1n) is 6.10. The molecule has 0 aromatic heterocycles. The minimum absolute atomic E-state index is 0. The van der Waals surface area contributed by atoms with Gasteiger partial charge in [-0.25, -0.2) is 0 Å². The fourth-order valence-electron chi connectivity index (χ4n) is 2.56. The first kappa shape index (κ1) is 15.0. The van der Waals surface area contributed by atoms with Gasteiger partial charge in [-0.05, 0) is 37.9 Å². The van der Waals surface area contributed by atoms with E-state index in [1.807, 2.05) is 18.2 Å². The molecule has 0 spiro atoms. The van der Waals surface area contributed by atoms with Gasteiger partial charge in [-0.1, -0.05) is 30.3 Å². The van der Waals surface area contributed by atoms with Crippen molar-refractivity contribution in [1.29, 1.82) is 0 Å². The van der Waals surface area contributed by atoms with Crippen LogP contribution < -0.4 is 5.32 Å². The summed E-state index contributed by atoms with van der Waals surface area (Å²) in [5.41, 5.74) is 0.876. The van der Waals surface area contributed by atoms with Crippen molar-refractivity contribution in [2.75, 3.05) is 20.2 Å². The van der Waals surface area contributed by atoms with Gasteiger partial charge >= 0.3 is 5.97 Å². The molecule has 1 saturated heterocycles. The molecular weight excluding hydrogens is 250 g/mol. The number of nitrogens with one attached hydrogen (secondary N) is 1. The zero-order valence-electron chi connectivity index (χ0n) is 10.6. The molecule has 0 radical (unpaired) electrons. The van der Waals surface area contributed by atoms with Gasteiger partial charge in [0.15, 0.2) is 0 Å². The number of rotatable bonds is 3. The summed E-state index contributed by atoms with van der Waals surface area (Å²) in [6.07, 6.45) is 2.49. The second-order valence-electron chi connectivity index (χ2n) is 4.68. The molecule has 1 N–H and O–H groups in total. The van der Waals surface area contributed by atoms with Crippen molar-refractivity contribution >= 4 is 18.4 Å². The van der Waals surface area contributed by atoms with Crippen LogP contribution >= 0.6 is 12.4 Å². The van der Waals surface area contributed by atoms with Gasteiger partial charge in [0.25, 0.3) is 0 Å². The van der Waals surface area contributed by atoms with Crippen LogP contribution in [0.25, 0.3) is 0 Å². The van der Waals surface area contributed by atoms with Crippen LogP contribution in [-0.2, 0) is 16.0 Å². The molecule has 1 aliphatic heterocycles. The lowest BCUT2D eigenvalue weighted by atomic mass is 9.74. The van der Waals surface area contributed by atoms with E-state index >= 15 is 0 Å². The van der Waals surface area contributed by atoms with Crippen molar-refractivity contribution in [3.63, 3.8) is 0 Å². The number of hydrogen-bond acceptors (Lipinski definition) is 3. The second-order valence-corrected chi connectivity index (χ2v) is 4.68. The summed E-state index contributed by atoms with van der Waals surface area (Å²) in [4.78, 5) is 12.0. The Morgan fingerprint density at radius 3 is 2.44 bits per heavy atom. The van der Waals surface area contributed by atoms with Crippen LogP contribution in [0, 0.1) is 5.41 Å². The van der Waals surface area contributed by atoms with Crippen molar-refractivity contribution in [3.8, 4) is 0 Å². The fraction of sp³-hybridized carbons (Fsp3) is 0.500. The summed E-state index contributed by atoms with van der Waals surface area (Å²) in [5.74, 6) is -0.0668. The minimum Gasteiger partial charge on any atom is -0.469 e. The number of carbonyl (C=O) groups is 1. The quantitative estimate of drug-likeness (QED) is 0.855. The lowest BCUT2D eigenvalue weighted by molar-refractivity contribution is -0.154. The number of hydrogen-bond donors (Lipinski definition) is 1. The van der Waals surface area contributed by atoms with E-state index in [0.29, 0.717) is 0 Å². The van der Waals surface area contributed by atoms with Gasteiger partial charge in [0.2, 0.25) is 0 Å². The number of methoxy groups -OCH3 is 1. The molecule has 0 atom stereocenters. The van der Waals surface area contributed by atoms with Gasteiger partial charge in [-0.15, -0.1) is 12.4 Å². The van der Waals surface area contributed by atoms with Crippen molar-refractivity contribution in [3.05, 3.63) is 35.9 Å². The van der Waals surface area contributed by atoms with Gasteiger partial charge in [-0.3, -0.25) is 4.79 Å². The normalized spacial score (nSPS) is 17.6. The van der Waals surface area contributed by atoms with E-state index in [2.05, 4.69) is 17.4 Å². The molecule has 0 amide bonds. The van der Waals surface area contributed by atoms with E-state index in [4.69, 9.17) is 4.74 Å². The Morgan fingerprint density at radius 1 is 1.28 bits per heavy atom. The van der Waals surface area contributed by atoms with Gasteiger partial charge in [-0.2, -0.15) is 0 Å². The summed E-state index contributed by atoms with van der Waals surface area (Å²) < 4.78 is 5.00. The molecule has 4 heteroatoms. The molecule has 1 heterocycles. The predicted octanol–water partition coefficient (Wildman–Crippen LogP) is 2.19. The van der Waals surface area contributed by atoms with Crippen LogP contribution in [0.2, 0.25) is 0 Å². The summed E-state index contributed by atoms with van der Waals surface area (Å²) >= 11 is 0. The Balaban J connectivity index is 0.00000162. The maximum absolute atomic E-state index is 12.0. The predicted molar refractivity (Wildman–Crippen MR) is 73.9 cm³/mol. The fourth-order valence-corrected chi connectivity index (χ4v) is 2.56. The molecule has 18 heavy (non-hydrogen) atoms. The Kier molecular flexibility index (Phi) is 5.63. The highest BCUT2D eigenvalue weighted by Crippen LogP contribution is 2.34. The Morgan fingerprint density at radius 2 is 1.89 bits per heavy atom. The van der Waals surface area contributed by atoms with Crippen LogP contribution in [0.1, 0.15) is 18.4 Å². The largest absolute Gasteiger partial charge is 0.469 e. The van der Waals surface area contributed by atoms with Crippen molar-refractivity contribution in [2.45, 2.75) is 19.3 Å². The maximum atomic E-state index is 12.0. The van der Waals surface area contributed by atoms with Crippen LogP contribution in [0.3, 0.4) is 0 Å². The van der Waals surface area contributed by atoms with E-state index in [1.165, 1.54) is 12.7 Å². The topological polar surface area (TPSA) is 38.3 Å². The molecule has 2 rings (SSSR count). The molecular formula is C14H20ClNO2. The van der Waals surface area contributed by atoms with Crippen molar-refractivity contribution < 1.29 is 9.53 Å². The van der Waals surface area contributed by atoms with Crippen molar-refractivity contribution in [2.24, 2.45) is 5.41 Å². The third kappa shape index (κ3) is 3.24. The first-order chi connectivity index (χ1) is 8.27. The molecule has 1 aromatic carbocycles. The van der Waals surface area contributed by atoms with E-state index in [0.717, 1.165) is 32.4 Å². The summed E-state index contributed by atoms with van der Waals surface area (Å²) in [7, 11) is 1.48. The highest BCUT2D eigenvalue weighted by Gasteiger charge is 2.40. The van der Waals surface area contributed by atoms with Gasteiger partial charge < -0.3 is 10.1 Å². The van der Waals surface area contributed by atoms with Crippen molar-refractivity contribution in [1.82, 2.24) is 5.32 Å². The number of piperidine rings is 1. The number of benzene rings is 1. The number of esters is 1. The third-order valence-corrected chi connectivity index (χ3v) is 3.56. The van der Waals surface area contributed by atoms with Gasteiger partial charge in [0.1, 0.15) is 0 Å². The maximum Gasteiger partial charge on any atom is 0.312 e. The van der Waals surface area contributed by atoms with E-state index in [9.17, 15) is 4.79 Å². The molecule has 1 aliphatic rings. The first-order valence-corrected chi connectivity index (χ1v) is 6.10. The monoisotopic (exact) mass is 269 g/mol. The van der Waals surface area contributed by atoms with Crippen LogP contribution in [0.5, 0.6) is 0 Å². The zero-order valence-corrected chi connectivity index (χ0v) is 11.5. The third-order valence-electron chi connectivity index (χ3n) is 3.56. The summed E-state index contributed by atoms with van der Waals surface area (Å²) in [6, 6.07) is 10.2. The lowest BCUT2D eigenvalue weighted by Crippen LogP contribution is -2.44. The second kappa shape index (κ2) is 6.76. The van der Waals surface area contributed by atoms with E-state index in [1.54, 1.807) is 0 Å². The smallest absolute Gasteiger partial charge is 0.312 e. The van der Waals surface area contributed by atoms with Gasteiger partial charge in [0.05, 0.1) is 12.5 Å². The Labute approximate surface area is 114 Å². The lowest BCUT2D eigenvalue weighted by Gasteiger charge is -2.35. The number of ether oxygens (including phenoxy) is 1. The molecule has 1 aromatic rings. The average molecular weight is 270 g/mol. The molecule has 100 valence electrons. The molecule has 3 nitrogen and oxygen atoms in total. The molecule has 0 aliphatic carbocycles.